The SMILES string of the molecule is CC[C@H](Cn1ccnc1)NC(=O)c1ccncc1O. The van der Waals surface area contributed by atoms with Crippen LogP contribution in [0.2, 0.25) is 0 Å². The normalized spacial score (nSPS) is 12.1. The third-order valence-electron chi connectivity index (χ3n) is 2.86. The van der Waals surface area contributed by atoms with Crippen LogP contribution in [0.25, 0.3) is 0 Å². The van der Waals surface area contributed by atoms with Crippen molar-refractivity contribution in [3.63, 3.8) is 0 Å². The largest absolute Gasteiger partial charge is 0.505 e. The monoisotopic (exact) mass is 260 g/mol. The molecule has 2 heterocycles. The molecule has 2 aromatic rings. The molecule has 0 spiro atoms. The Morgan fingerprint density at radius 2 is 2.32 bits per heavy atom. The first-order chi connectivity index (χ1) is 9.20. The zero-order chi connectivity index (χ0) is 13.7. The number of rotatable bonds is 5. The molecular formula is C13H16N4O2. The van der Waals surface area contributed by atoms with Crippen LogP contribution in [0.3, 0.4) is 0 Å². The highest BCUT2D eigenvalue weighted by atomic mass is 16.3. The highest BCUT2D eigenvalue weighted by Crippen LogP contribution is 2.14. The molecule has 6 nitrogen and oxygen atoms in total. The fourth-order valence-corrected chi connectivity index (χ4v) is 1.77. The molecule has 0 radical (unpaired) electrons. The van der Waals surface area contributed by atoms with Gasteiger partial charge in [0.2, 0.25) is 0 Å². The van der Waals surface area contributed by atoms with Crippen LogP contribution >= 0.6 is 0 Å². The predicted molar refractivity (Wildman–Crippen MR) is 69.7 cm³/mol. The zero-order valence-corrected chi connectivity index (χ0v) is 10.7. The molecule has 0 unspecified atom stereocenters. The summed E-state index contributed by atoms with van der Waals surface area (Å²) in [4.78, 5) is 19.7. The smallest absolute Gasteiger partial charge is 0.255 e. The molecule has 1 amide bonds. The van der Waals surface area contributed by atoms with E-state index in [2.05, 4.69) is 15.3 Å². The predicted octanol–water partition coefficient (Wildman–Crippen LogP) is 1.19. The Kier molecular flexibility index (Phi) is 4.12. The summed E-state index contributed by atoms with van der Waals surface area (Å²) in [7, 11) is 0. The molecule has 2 N–H and O–H groups in total. The number of hydrogen-bond donors (Lipinski definition) is 2. The van der Waals surface area contributed by atoms with Crippen molar-refractivity contribution >= 4 is 5.91 Å². The first kappa shape index (κ1) is 13.1. The summed E-state index contributed by atoms with van der Waals surface area (Å²) in [6.45, 7) is 2.64. The summed E-state index contributed by atoms with van der Waals surface area (Å²) in [6.07, 6.45) is 8.77. The summed E-state index contributed by atoms with van der Waals surface area (Å²) in [5.41, 5.74) is 0.235. The van der Waals surface area contributed by atoms with Crippen molar-refractivity contribution in [3.05, 3.63) is 42.7 Å². The number of nitrogens with one attached hydrogen (secondary N) is 1. The molecule has 0 aromatic carbocycles. The van der Waals surface area contributed by atoms with E-state index in [1.165, 1.54) is 18.5 Å². The number of aromatic hydroxyl groups is 1. The maximum absolute atomic E-state index is 12.0. The van der Waals surface area contributed by atoms with E-state index in [1.807, 2.05) is 17.7 Å². The maximum atomic E-state index is 12.0. The molecule has 0 aliphatic rings. The average molecular weight is 260 g/mol. The van der Waals surface area contributed by atoms with Crippen molar-refractivity contribution in [2.75, 3.05) is 0 Å². The van der Waals surface area contributed by atoms with Gasteiger partial charge in [0.05, 0.1) is 18.1 Å². The highest BCUT2D eigenvalue weighted by Gasteiger charge is 2.15. The minimum absolute atomic E-state index is 0.0192. The number of carbonyl (C=O) groups is 1. The first-order valence-electron chi connectivity index (χ1n) is 6.10. The molecule has 6 heteroatoms. The molecule has 0 aliphatic heterocycles. The van der Waals surface area contributed by atoms with Crippen molar-refractivity contribution in [3.8, 4) is 5.75 Å². The molecule has 2 aromatic heterocycles. The van der Waals surface area contributed by atoms with Gasteiger partial charge in [0.1, 0.15) is 5.75 Å². The Labute approximate surface area is 111 Å². The van der Waals surface area contributed by atoms with Gasteiger partial charge in [0.25, 0.3) is 5.91 Å². The Balaban J connectivity index is 2.02. The van der Waals surface area contributed by atoms with E-state index in [0.717, 1.165) is 6.42 Å². The number of nitrogens with zero attached hydrogens (tertiary/aromatic N) is 3. The molecule has 0 fully saturated rings. The number of aromatic nitrogens is 3. The number of pyridine rings is 1. The van der Waals surface area contributed by atoms with Gasteiger partial charge in [-0.05, 0) is 12.5 Å². The van der Waals surface area contributed by atoms with Crippen molar-refractivity contribution in [2.45, 2.75) is 25.9 Å². The quantitative estimate of drug-likeness (QED) is 0.846. The second-order valence-corrected chi connectivity index (χ2v) is 4.23. The maximum Gasteiger partial charge on any atom is 0.255 e. The van der Waals surface area contributed by atoms with Gasteiger partial charge >= 0.3 is 0 Å². The number of carbonyl (C=O) groups excluding carboxylic acids is 1. The lowest BCUT2D eigenvalue weighted by atomic mass is 10.2. The first-order valence-corrected chi connectivity index (χ1v) is 6.10. The van der Waals surface area contributed by atoms with Gasteiger partial charge in [-0.15, -0.1) is 0 Å². The lowest BCUT2D eigenvalue weighted by molar-refractivity contribution is 0.0929. The lowest BCUT2D eigenvalue weighted by Gasteiger charge is -2.17. The third kappa shape index (κ3) is 3.31. The van der Waals surface area contributed by atoms with Crippen molar-refractivity contribution in [1.29, 1.82) is 0 Å². The van der Waals surface area contributed by atoms with E-state index in [0.29, 0.717) is 6.54 Å². The third-order valence-corrected chi connectivity index (χ3v) is 2.86. The number of imidazole rings is 1. The van der Waals surface area contributed by atoms with Crippen LogP contribution in [0.1, 0.15) is 23.7 Å². The fraction of sp³-hybridized carbons (Fsp3) is 0.308. The summed E-state index contributed by atoms with van der Waals surface area (Å²) < 4.78 is 1.90. The summed E-state index contributed by atoms with van der Waals surface area (Å²) in [5, 5.41) is 12.5. The van der Waals surface area contributed by atoms with E-state index < -0.39 is 0 Å². The van der Waals surface area contributed by atoms with Crippen molar-refractivity contribution in [2.24, 2.45) is 0 Å². The average Bonchev–Trinajstić information content (AvgIpc) is 2.91. The molecule has 0 bridgehead atoms. The topological polar surface area (TPSA) is 80.0 Å². The Morgan fingerprint density at radius 1 is 1.47 bits per heavy atom. The zero-order valence-electron chi connectivity index (χ0n) is 10.7. The van der Waals surface area contributed by atoms with Crippen LogP contribution in [-0.4, -0.2) is 31.6 Å². The van der Waals surface area contributed by atoms with Crippen LogP contribution in [0.5, 0.6) is 5.75 Å². The number of amides is 1. The minimum Gasteiger partial charge on any atom is -0.505 e. The molecular weight excluding hydrogens is 244 g/mol. The van der Waals surface area contributed by atoms with E-state index in [1.54, 1.807) is 12.5 Å². The van der Waals surface area contributed by atoms with Gasteiger partial charge in [-0.2, -0.15) is 0 Å². The van der Waals surface area contributed by atoms with Crippen LogP contribution in [0.15, 0.2) is 37.2 Å². The Hall–Kier alpha value is -2.37. The Bertz CT molecular complexity index is 539. The molecule has 19 heavy (non-hydrogen) atoms. The molecule has 2 rings (SSSR count). The molecule has 0 aliphatic carbocycles. The van der Waals surface area contributed by atoms with Gasteiger partial charge in [-0.1, -0.05) is 6.92 Å². The molecule has 1 atom stereocenters. The number of hydrogen-bond acceptors (Lipinski definition) is 4. The van der Waals surface area contributed by atoms with Crippen LogP contribution in [0, 0.1) is 0 Å². The summed E-state index contributed by atoms with van der Waals surface area (Å²) in [6, 6.07) is 1.48. The molecule has 0 saturated heterocycles. The van der Waals surface area contributed by atoms with Gasteiger partial charge in [-0.25, -0.2) is 4.98 Å². The van der Waals surface area contributed by atoms with E-state index >= 15 is 0 Å². The fourth-order valence-electron chi connectivity index (χ4n) is 1.77. The van der Waals surface area contributed by atoms with E-state index in [9.17, 15) is 9.90 Å². The standard InChI is InChI=1S/C13H16N4O2/c1-2-10(8-17-6-5-15-9-17)16-13(19)11-3-4-14-7-12(11)18/h3-7,9-10,18H,2,8H2,1H3,(H,16,19)/t10-/m1/s1. The summed E-state index contributed by atoms with van der Waals surface area (Å²) >= 11 is 0. The van der Waals surface area contributed by atoms with Gasteiger partial charge in [-0.3, -0.25) is 9.78 Å². The van der Waals surface area contributed by atoms with Crippen molar-refractivity contribution < 1.29 is 9.90 Å². The van der Waals surface area contributed by atoms with Gasteiger partial charge in [0, 0.05) is 31.2 Å². The highest BCUT2D eigenvalue weighted by molar-refractivity contribution is 5.96. The second kappa shape index (κ2) is 5.99. The van der Waals surface area contributed by atoms with E-state index in [-0.39, 0.29) is 23.3 Å². The lowest BCUT2D eigenvalue weighted by Crippen LogP contribution is -2.37. The van der Waals surface area contributed by atoms with Gasteiger partial charge in [0.15, 0.2) is 0 Å². The Morgan fingerprint density at radius 3 is 2.95 bits per heavy atom. The van der Waals surface area contributed by atoms with Crippen molar-refractivity contribution in [1.82, 2.24) is 19.9 Å². The van der Waals surface area contributed by atoms with Gasteiger partial charge < -0.3 is 15.0 Å². The molecule has 0 saturated carbocycles. The molecule has 100 valence electrons. The second-order valence-electron chi connectivity index (χ2n) is 4.23. The van der Waals surface area contributed by atoms with Crippen LogP contribution in [-0.2, 0) is 6.54 Å². The summed E-state index contributed by atoms with van der Waals surface area (Å²) in [5.74, 6) is -0.413. The minimum atomic E-state index is -0.299. The van der Waals surface area contributed by atoms with E-state index in [4.69, 9.17) is 0 Å². The van der Waals surface area contributed by atoms with Crippen LogP contribution in [0.4, 0.5) is 0 Å². The van der Waals surface area contributed by atoms with Crippen LogP contribution < -0.4 is 5.32 Å².